The highest BCUT2D eigenvalue weighted by Crippen LogP contribution is 2.36. The zero-order chi connectivity index (χ0) is 10.7. The van der Waals surface area contributed by atoms with Gasteiger partial charge in [-0.2, -0.15) is 0 Å². The molecule has 0 amide bonds. The maximum atomic E-state index is 11.8. The van der Waals surface area contributed by atoms with Crippen LogP contribution in [0.1, 0.15) is 40.0 Å². The largest absolute Gasteiger partial charge is 0.374 e. The molecule has 0 N–H and O–H groups in total. The Morgan fingerprint density at radius 1 is 1.29 bits per heavy atom. The topological polar surface area (TPSA) is 26.3 Å². The van der Waals surface area contributed by atoms with Crippen LogP contribution in [0, 0.1) is 17.8 Å². The van der Waals surface area contributed by atoms with Crippen LogP contribution in [-0.2, 0) is 9.53 Å². The van der Waals surface area contributed by atoms with Crippen LogP contribution in [0.4, 0.5) is 0 Å². The van der Waals surface area contributed by atoms with E-state index in [1.165, 1.54) is 6.42 Å². The molecule has 0 aliphatic heterocycles. The monoisotopic (exact) mass is 198 g/mol. The van der Waals surface area contributed by atoms with E-state index in [4.69, 9.17) is 4.74 Å². The second-order valence-electron chi connectivity index (χ2n) is 4.79. The molecule has 14 heavy (non-hydrogen) atoms. The van der Waals surface area contributed by atoms with Crippen molar-refractivity contribution in [3.8, 4) is 0 Å². The Balaban J connectivity index is 2.45. The zero-order valence-corrected chi connectivity index (χ0v) is 9.75. The fraction of sp³-hybridized carbons (Fsp3) is 0.917. The van der Waals surface area contributed by atoms with Crippen molar-refractivity contribution < 1.29 is 9.53 Å². The van der Waals surface area contributed by atoms with Crippen LogP contribution in [0.2, 0.25) is 0 Å². The maximum Gasteiger partial charge on any atom is 0.164 e. The fourth-order valence-corrected chi connectivity index (χ4v) is 2.33. The van der Waals surface area contributed by atoms with Gasteiger partial charge in [0.2, 0.25) is 0 Å². The summed E-state index contributed by atoms with van der Waals surface area (Å²) in [6, 6.07) is 0. The normalized spacial score (nSPS) is 29.5. The second kappa shape index (κ2) is 4.92. The van der Waals surface area contributed by atoms with Gasteiger partial charge in [-0.3, -0.25) is 4.79 Å². The van der Waals surface area contributed by atoms with Crippen molar-refractivity contribution in [2.45, 2.75) is 46.1 Å². The van der Waals surface area contributed by atoms with Gasteiger partial charge < -0.3 is 4.74 Å². The Morgan fingerprint density at radius 2 is 1.93 bits per heavy atom. The van der Waals surface area contributed by atoms with E-state index < -0.39 is 0 Å². The van der Waals surface area contributed by atoms with E-state index in [0.717, 1.165) is 18.8 Å². The lowest BCUT2D eigenvalue weighted by Crippen LogP contribution is -2.26. The average Bonchev–Trinajstić information content (AvgIpc) is 2.64. The van der Waals surface area contributed by atoms with Crippen LogP contribution in [0.25, 0.3) is 0 Å². The van der Waals surface area contributed by atoms with Gasteiger partial charge in [-0.1, -0.05) is 13.8 Å². The van der Waals surface area contributed by atoms with Gasteiger partial charge in [0, 0.05) is 13.0 Å². The predicted octanol–water partition coefficient (Wildman–Crippen LogP) is 2.66. The number of hydrogen-bond donors (Lipinski definition) is 0. The van der Waals surface area contributed by atoms with E-state index in [2.05, 4.69) is 13.8 Å². The summed E-state index contributed by atoms with van der Waals surface area (Å²) in [5, 5.41) is 0. The molecule has 0 bridgehead atoms. The molecule has 1 unspecified atom stereocenters. The van der Waals surface area contributed by atoms with Crippen LogP contribution in [0.3, 0.4) is 0 Å². The van der Waals surface area contributed by atoms with Crippen molar-refractivity contribution in [3.63, 3.8) is 0 Å². The number of carbonyl (C=O) groups excluding carboxylic acids is 1. The Bertz CT molecular complexity index is 198. The van der Waals surface area contributed by atoms with Crippen molar-refractivity contribution >= 4 is 5.78 Å². The van der Waals surface area contributed by atoms with Gasteiger partial charge in [-0.05, 0) is 38.0 Å². The molecule has 82 valence electrons. The standard InChI is InChI=1S/C12H22O2/c1-8(2)10-5-6-11(7-10)12(13)9(3)14-4/h8-11H,5-7H2,1-4H3/t9-,10-,11?/m1/s1. The number of Topliss-reactive ketones (excluding diaryl/α,β-unsaturated/α-hetero) is 1. The fourth-order valence-electron chi connectivity index (χ4n) is 2.33. The average molecular weight is 198 g/mol. The molecule has 1 aliphatic rings. The summed E-state index contributed by atoms with van der Waals surface area (Å²) >= 11 is 0. The van der Waals surface area contributed by atoms with Gasteiger partial charge in [0.05, 0.1) is 0 Å². The van der Waals surface area contributed by atoms with E-state index in [1.807, 2.05) is 6.92 Å². The third-order valence-electron chi connectivity index (χ3n) is 3.57. The number of hydrogen-bond acceptors (Lipinski definition) is 2. The highest BCUT2D eigenvalue weighted by molar-refractivity contribution is 5.85. The van der Waals surface area contributed by atoms with Crippen LogP contribution < -0.4 is 0 Å². The van der Waals surface area contributed by atoms with E-state index in [0.29, 0.717) is 11.7 Å². The number of rotatable bonds is 4. The molecule has 0 saturated heterocycles. The van der Waals surface area contributed by atoms with Gasteiger partial charge in [0.1, 0.15) is 6.10 Å². The van der Waals surface area contributed by atoms with Gasteiger partial charge in [0.15, 0.2) is 5.78 Å². The maximum absolute atomic E-state index is 11.8. The SMILES string of the molecule is CO[C@H](C)C(=O)C1CC[C@@H](C(C)C)C1. The van der Waals surface area contributed by atoms with Crippen molar-refractivity contribution in [1.82, 2.24) is 0 Å². The van der Waals surface area contributed by atoms with Gasteiger partial charge in [0.25, 0.3) is 0 Å². The molecule has 0 heterocycles. The first-order valence-electron chi connectivity index (χ1n) is 5.62. The molecule has 0 radical (unpaired) electrons. The molecule has 0 spiro atoms. The van der Waals surface area contributed by atoms with E-state index >= 15 is 0 Å². The molecule has 3 atom stereocenters. The minimum absolute atomic E-state index is 0.217. The summed E-state index contributed by atoms with van der Waals surface area (Å²) in [4.78, 5) is 11.8. The first-order chi connectivity index (χ1) is 6.56. The summed E-state index contributed by atoms with van der Waals surface area (Å²) in [7, 11) is 1.61. The van der Waals surface area contributed by atoms with E-state index in [9.17, 15) is 4.79 Å². The zero-order valence-electron chi connectivity index (χ0n) is 9.75. The number of carbonyl (C=O) groups is 1. The number of ketones is 1. The van der Waals surface area contributed by atoms with Gasteiger partial charge in [-0.25, -0.2) is 0 Å². The molecule has 0 aromatic carbocycles. The highest BCUT2D eigenvalue weighted by atomic mass is 16.5. The molecule has 1 rings (SSSR count). The van der Waals surface area contributed by atoms with Gasteiger partial charge in [-0.15, -0.1) is 0 Å². The smallest absolute Gasteiger partial charge is 0.164 e. The van der Waals surface area contributed by atoms with E-state index in [1.54, 1.807) is 7.11 Å². The van der Waals surface area contributed by atoms with Crippen LogP contribution in [0.15, 0.2) is 0 Å². The highest BCUT2D eigenvalue weighted by Gasteiger charge is 2.33. The molecule has 0 aromatic heterocycles. The third kappa shape index (κ3) is 2.57. The summed E-state index contributed by atoms with van der Waals surface area (Å²) < 4.78 is 5.07. The Hall–Kier alpha value is -0.370. The summed E-state index contributed by atoms with van der Waals surface area (Å²) in [6.45, 7) is 6.35. The van der Waals surface area contributed by atoms with Crippen molar-refractivity contribution in [2.75, 3.05) is 7.11 Å². The van der Waals surface area contributed by atoms with Crippen molar-refractivity contribution in [1.29, 1.82) is 0 Å². The molecule has 1 saturated carbocycles. The van der Waals surface area contributed by atoms with Gasteiger partial charge >= 0.3 is 0 Å². The van der Waals surface area contributed by atoms with Crippen molar-refractivity contribution in [3.05, 3.63) is 0 Å². The van der Waals surface area contributed by atoms with Crippen LogP contribution in [-0.4, -0.2) is 19.0 Å². The first kappa shape index (κ1) is 11.7. The summed E-state index contributed by atoms with van der Waals surface area (Å²) in [5.41, 5.74) is 0. The lowest BCUT2D eigenvalue weighted by atomic mass is 9.91. The Labute approximate surface area is 87.0 Å². The number of methoxy groups -OCH3 is 1. The summed E-state index contributed by atoms with van der Waals surface area (Å²) in [6.07, 6.45) is 3.13. The molecular formula is C12H22O2. The Kier molecular flexibility index (Phi) is 4.11. The first-order valence-corrected chi connectivity index (χ1v) is 5.62. The second-order valence-corrected chi connectivity index (χ2v) is 4.79. The van der Waals surface area contributed by atoms with Crippen molar-refractivity contribution in [2.24, 2.45) is 17.8 Å². The molecule has 1 fully saturated rings. The van der Waals surface area contributed by atoms with E-state index in [-0.39, 0.29) is 12.0 Å². The number of ether oxygens (including phenoxy) is 1. The molecule has 2 nitrogen and oxygen atoms in total. The predicted molar refractivity (Wildman–Crippen MR) is 57.1 cm³/mol. The molecule has 1 aliphatic carbocycles. The quantitative estimate of drug-likeness (QED) is 0.694. The molecular weight excluding hydrogens is 176 g/mol. The third-order valence-corrected chi connectivity index (χ3v) is 3.57. The molecule has 2 heteroatoms. The minimum atomic E-state index is -0.217. The van der Waals surface area contributed by atoms with Crippen LogP contribution in [0.5, 0.6) is 0 Å². The molecule has 0 aromatic rings. The van der Waals surface area contributed by atoms with Crippen LogP contribution >= 0.6 is 0 Å². The Morgan fingerprint density at radius 3 is 2.36 bits per heavy atom. The lowest BCUT2D eigenvalue weighted by molar-refractivity contribution is -0.131. The summed E-state index contributed by atoms with van der Waals surface area (Å²) in [5.74, 6) is 2.02. The minimum Gasteiger partial charge on any atom is -0.374 e. The lowest BCUT2D eigenvalue weighted by Gasteiger charge is -2.16.